The van der Waals surface area contributed by atoms with Gasteiger partial charge in [0.05, 0.1) is 16.8 Å². The number of oxazole rings is 1. The highest BCUT2D eigenvalue weighted by atomic mass is 35.5. The Morgan fingerprint density at radius 2 is 1.90 bits per heavy atom. The van der Waals surface area contributed by atoms with E-state index in [1.165, 1.54) is 37.1 Å². The fourth-order valence-electron chi connectivity index (χ4n) is 5.85. The zero-order valence-electron chi connectivity index (χ0n) is 21.4. The van der Waals surface area contributed by atoms with Gasteiger partial charge >= 0.3 is 6.36 Å². The third-order valence-electron chi connectivity index (χ3n) is 7.69. The van der Waals surface area contributed by atoms with E-state index in [0.29, 0.717) is 39.8 Å². The molecule has 0 bridgehead atoms. The molecule has 1 aliphatic carbocycles. The fraction of sp³-hybridized carbons (Fsp3) is 0.448. The molecule has 1 saturated heterocycles. The van der Waals surface area contributed by atoms with Crippen LogP contribution in [0.25, 0.3) is 11.3 Å². The van der Waals surface area contributed by atoms with Crippen LogP contribution in [0.15, 0.2) is 53.1 Å². The molecule has 1 aromatic heterocycles. The monoisotopic (exact) mass is 558 g/mol. The van der Waals surface area contributed by atoms with Gasteiger partial charge in [-0.15, -0.1) is 13.2 Å². The summed E-state index contributed by atoms with van der Waals surface area (Å²) < 4.78 is 47.2. The van der Waals surface area contributed by atoms with Gasteiger partial charge in [-0.05, 0) is 86.4 Å². The first-order valence-corrected chi connectivity index (χ1v) is 13.7. The van der Waals surface area contributed by atoms with Crippen LogP contribution in [0.3, 0.4) is 0 Å². The van der Waals surface area contributed by atoms with E-state index in [0.717, 1.165) is 50.9 Å². The molecule has 206 valence electrons. The van der Waals surface area contributed by atoms with Gasteiger partial charge in [0.2, 0.25) is 0 Å². The number of nitriles is 1. The number of rotatable bonds is 7. The van der Waals surface area contributed by atoms with Crippen molar-refractivity contribution in [2.45, 2.75) is 57.3 Å². The molecule has 2 fully saturated rings. The maximum absolute atomic E-state index is 12.4. The number of anilines is 2. The number of hydrogen-bond donors (Lipinski definition) is 1. The predicted octanol–water partition coefficient (Wildman–Crippen LogP) is 8.04. The van der Waals surface area contributed by atoms with E-state index in [4.69, 9.17) is 16.0 Å². The maximum atomic E-state index is 12.4. The van der Waals surface area contributed by atoms with Crippen LogP contribution in [0.2, 0.25) is 5.02 Å². The lowest BCUT2D eigenvalue weighted by molar-refractivity contribution is -0.274. The summed E-state index contributed by atoms with van der Waals surface area (Å²) in [4.78, 5) is 6.76. The summed E-state index contributed by atoms with van der Waals surface area (Å²) in [7, 11) is 0. The molecule has 10 heteroatoms. The Kier molecular flexibility index (Phi) is 8.22. The number of hydrogen-bond acceptors (Lipinski definition) is 6. The van der Waals surface area contributed by atoms with E-state index in [2.05, 4.69) is 26.0 Å². The minimum atomic E-state index is -4.73. The quantitative estimate of drug-likeness (QED) is 0.316. The first kappa shape index (κ1) is 27.2. The van der Waals surface area contributed by atoms with E-state index in [9.17, 15) is 18.4 Å². The molecule has 0 amide bonds. The average Bonchev–Trinajstić information content (AvgIpc) is 3.38. The van der Waals surface area contributed by atoms with Crippen molar-refractivity contribution < 1.29 is 22.3 Å². The normalized spacial score (nSPS) is 21.8. The van der Waals surface area contributed by atoms with Crippen LogP contribution in [0.1, 0.15) is 50.5 Å². The van der Waals surface area contributed by atoms with Gasteiger partial charge in [-0.3, -0.25) is 0 Å². The number of aromatic nitrogens is 1. The van der Waals surface area contributed by atoms with Crippen LogP contribution in [0.5, 0.6) is 5.75 Å². The SMILES string of the molecule is N#Cc1ccc(N2CCC[C@H](C[C@@H]3CCCC[C@H]3Nc3ncc(-c4ccc(OC(F)(F)F)cc4)o3)C2)cc1Cl. The lowest BCUT2D eigenvalue weighted by atomic mass is 9.77. The van der Waals surface area contributed by atoms with Crippen molar-refractivity contribution in [1.82, 2.24) is 4.98 Å². The highest BCUT2D eigenvalue weighted by Gasteiger charge is 2.32. The van der Waals surface area contributed by atoms with Crippen molar-refractivity contribution in [3.8, 4) is 23.1 Å². The van der Waals surface area contributed by atoms with E-state index in [-0.39, 0.29) is 11.8 Å². The number of nitrogens with zero attached hydrogens (tertiary/aromatic N) is 3. The minimum absolute atomic E-state index is 0.243. The van der Waals surface area contributed by atoms with Gasteiger partial charge in [-0.25, -0.2) is 4.98 Å². The molecule has 1 N–H and O–H groups in total. The summed E-state index contributed by atoms with van der Waals surface area (Å²) >= 11 is 6.29. The lowest BCUT2D eigenvalue weighted by Gasteiger charge is -2.39. The van der Waals surface area contributed by atoms with Crippen LogP contribution in [0, 0.1) is 23.2 Å². The summed E-state index contributed by atoms with van der Waals surface area (Å²) in [6.45, 7) is 1.94. The van der Waals surface area contributed by atoms with E-state index in [1.807, 2.05) is 12.1 Å². The molecular formula is C29H30ClF3N4O2. The van der Waals surface area contributed by atoms with E-state index in [1.54, 1.807) is 12.3 Å². The number of benzene rings is 2. The predicted molar refractivity (Wildman–Crippen MR) is 144 cm³/mol. The molecular weight excluding hydrogens is 529 g/mol. The summed E-state index contributed by atoms with van der Waals surface area (Å²) in [6.07, 6.45) is 4.78. The molecule has 6 nitrogen and oxygen atoms in total. The molecule has 1 aliphatic heterocycles. The fourth-order valence-corrected chi connectivity index (χ4v) is 6.06. The minimum Gasteiger partial charge on any atom is -0.424 e. The Hall–Kier alpha value is -3.38. The molecule has 2 aromatic carbocycles. The number of nitrogens with one attached hydrogen (secondary N) is 1. The Bertz CT molecular complexity index is 1310. The van der Waals surface area contributed by atoms with Crippen molar-refractivity contribution in [3.05, 3.63) is 59.2 Å². The molecule has 1 saturated carbocycles. The van der Waals surface area contributed by atoms with Crippen LogP contribution in [-0.2, 0) is 0 Å². The van der Waals surface area contributed by atoms with Gasteiger partial charge in [0, 0.05) is 30.4 Å². The first-order valence-electron chi connectivity index (χ1n) is 13.3. The van der Waals surface area contributed by atoms with Gasteiger partial charge in [-0.2, -0.15) is 5.26 Å². The molecule has 3 atom stereocenters. The highest BCUT2D eigenvalue weighted by molar-refractivity contribution is 6.32. The number of piperidine rings is 1. The number of ether oxygens (including phenoxy) is 1. The summed E-state index contributed by atoms with van der Waals surface area (Å²) in [6, 6.07) is 14.0. The van der Waals surface area contributed by atoms with Crippen LogP contribution >= 0.6 is 11.6 Å². The second kappa shape index (κ2) is 11.8. The van der Waals surface area contributed by atoms with Gasteiger partial charge in [-0.1, -0.05) is 24.4 Å². The molecule has 2 heterocycles. The maximum Gasteiger partial charge on any atom is 0.573 e. The van der Waals surface area contributed by atoms with Crippen LogP contribution in [-0.4, -0.2) is 30.5 Å². The standard InChI is InChI=1S/C29H30ClF3N4O2/c30-25-15-23(10-7-22(25)16-34)37-13-3-4-19(18-37)14-21-5-1-2-6-26(21)36-28-35-17-27(38-28)20-8-11-24(12-9-20)39-29(31,32)33/h7-12,15,17,19,21,26H,1-6,13-14,18H2,(H,35,36)/t19-,21+,26-/m1/s1. The molecule has 0 spiro atoms. The van der Waals surface area contributed by atoms with Crippen LogP contribution < -0.4 is 15.0 Å². The smallest absolute Gasteiger partial charge is 0.424 e. The van der Waals surface area contributed by atoms with Crippen molar-refractivity contribution in [2.75, 3.05) is 23.3 Å². The summed E-state index contributed by atoms with van der Waals surface area (Å²) in [5.74, 6) is 1.24. The summed E-state index contributed by atoms with van der Waals surface area (Å²) in [5, 5.41) is 13.2. The molecule has 39 heavy (non-hydrogen) atoms. The lowest BCUT2D eigenvalue weighted by Crippen LogP contribution is -2.39. The summed E-state index contributed by atoms with van der Waals surface area (Å²) in [5.41, 5.74) is 2.18. The third kappa shape index (κ3) is 6.99. The number of alkyl halides is 3. The van der Waals surface area contributed by atoms with Gasteiger partial charge < -0.3 is 19.4 Å². The topological polar surface area (TPSA) is 74.3 Å². The Balaban J connectivity index is 1.20. The first-order chi connectivity index (χ1) is 18.8. The second-order valence-corrected chi connectivity index (χ2v) is 10.8. The molecule has 0 radical (unpaired) electrons. The largest absolute Gasteiger partial charge is 0.573 e. The Labute approximate surface area is 230 Å². The van der Waals surface area contributed by atoms with Crippen molar-refractivity contribution >= 4 is 23.3 Å². The Morgan fingerprint density at radius 3 is 2.64 bits per heavy atom. The second-order valence-electron chi connectivity index (χ2n) is 10.4. The average molecular weight is 559 g/mol. The van der Waals surface area contributed by atoms with Gasteiger partial charge in [0.15, 0.2) is 5.76 Å². The van der Waals surface area contributed by atoms with Crippen LogP contribution in [0.4, 0.5) is 24.9 Å². The van der Waals surface area contributed by atoms with Crippen molar-refractivity contribution in [1.29, 1.82) is 5.26 Å². The van der Waals surface area contributed by atoms with Crippen molar-refractivity contribution in [3.63, 3.8) is 0 Å². The van der Waals surface area contributed by atoms with E-state index >= 15 is 0 Å². The van der Waals surface area contributed by atoms with E-state index < -0.39 is 6.36 Å². The zero-order chi connectivity index (χ0) is 27.4. The number of halogens is 4. The zero-order valence-corrected chi connectivity index (χ0v) is 22.1. The van der Waals surface area contributed by atoms with Gasteiger partial charge in [0.1, 0.15) is 11.8 Å². The highest BCUT2D eigenvalue weighted by Crippen LogP contribution is 2.36. The molecule has 3 aromatic rings. The molecule has 0 unspecified atom stereocenters. The van der Waals surface area contributed by atoms with Crippen molar-refractivity contribution in [2.24, 2.45) is 11.8 Å². The third-order valence-corrected chi connectivity index (χ3v) is 8.00. The molecule has 5 rings (SSSR count). The van der Waals surface area contributed by atoms with Gasteiger partial charge in [0.25, 0.3) is 6.01 Å². The Morgan fingerprint density at radius 1 is 1.10 bits per heavy atom. The molecule has 2 aliphatic rings.